The average molecular weight is 349 g/mol. The number of nitrogens with one attached hydrogen (secondary N) is 1. The minimum atomic E-state index is -0.319. The molecule has 0 spiro atoms. The molecule has 1 fully saturated rings. The number of anilines is 1. The molecule has 0 aromatic carbocycles. The summed E-state index contributed by atoms with van der Waals surface area (Å²) in [4.78, 5) is 25.9. The van der Waals surface area contributed by atoms with E-state index in [1.54, 1.807) is 11.3 Å². The second-order valence-corrected chi connectivity index (χ2v) is 8.10. The maximum atomic E-state index is 12.4. The lowest BCUT2D eigenvalue weighted by molar-refractivity contribution is -0.116. The number of ether oxygens (including phenoxy) is 1. The summed E-state index contributed by atoms with van der Waals surface area (Å²) in [6.45, 7) is 0. The number of fused-ring (bicyclic) bond motifs is 1. The zero-order chi connectivity index (χ0) is 16.9. The highest BCUT2D eigenvalue weighted by Gasteiger charge is 2.26. The van der Waals surface area contributed by atoms with Crippen LogP contribution in [0.1, 0.15) is 78.6 Å². The van der Waals surface area contributed by atoms with E-state index >= 15 is 0 Å². The zero-order valence-electron chi connectivity index (χ0n) is 14.5. The number of rotatable bonds is 5. The number of hydrogen-bond acceptors (Lipinski definition) is 4. The number of carbonyl (C=O) groups excluding carboxylic acids is 2. The van der Waals surface area contributed by atoms with Gasteiger partial charge in [0.15, 0.2) is 0 Å². The second kappa shape index (κ2) is 8.15. The molecule has 1 N–H and O–H groups in total. The number of amides is 1. The van der Waals surface area contributed by atoms with Gasteiger partial charge >= 0.3 is 5.97 Å². The SMILES string of the molecule is COC(=O)c1c(NC(=O)CCC2CCCC2)sc2c1CCCCC2. The summed E-state index contributed by atoms with van der Waals surface area (Å²) in [5, 5.41) is 3.71. The quantitative estimate of drug-likeness (QED) is 0.618. The molecule has 2 aliphatic rings. The molecule has 0 unspecified atom stereocenters. The number of thiophene rings is 1. The molecule has 1 amide bonds. The highest BCUT2D eigenvalue weighted by Crippen LogP contribution is 2.38. The summed E-state index contributed by atoms with van der Waals surface area (Å²) in [6.07, 6.45) is 12.0. The molecule has 0 atom stereocenters. The molecule has 1 saturated carbocycles. The smallest absolute Gasteiger partial charge is 0.341 e. The van der Waals surface area contributed by atoms with E-state index in [0.717, 1.165) is 37.7 Å². The molecule has 0 saturated heterocycles. The molecule has 132 valence electrons. The lowest BCUT2D eigenvalue weighted by atomic mass is 10.0. The van der Waals surface area contributed by atoms with Crippen molar-refractivity contribution in [3.8, 4) is 0 Å². The van der Waals surface area contributed by atoms with Crippen LogP contribution in [0.5, 0.6) is 0 Å². The average Bonchev–Trinajstić information content (AvgIpc) is 3.15. The Hall–Kier alpha value is -1.36. The number of aryl methyl sites for hydroxylation is 1. The van der Waals surface area contributed by atoms with Gasteiger partial charge < -0.3 is 10.1 Å². The Balaban J connectivity index is 1.71. The lowest BCUT2D eigenvalue weighted by Gasteiger charge is -2.10. The Bertz CT molecular complexity index is 602. The first-order valence-electron chi connectivity index (χ1n) is 9.21. The molecule has 1 aromatic heterocycles. The number of methoxy groups -OCH3 is 1. The van der Waals surface area contributed by atoms with Gasteiger partial charge in [-0.05, 0) is 43.6 Å². The topological polar surface area (TPSA) is 55.4 Å². The third kappa shape index (κ3) is 4.00. The molecule has 24 heavy (non-hydrogen) atoms. The number of carbonyl (C=O) groups is 2. The van der Waals surface area contributed by atoms with Crippen LogP contribution in [0.25, 0.3) is 0 Å². The van der Waals surface area contributed by atoms with E-state index in [0.29, 0.717) is 22.9 Å². The Labute approximate surface area is 148 Å². The Morgan fingerprint density at radius 2 is 1.88 bits per heavy atom. The summed E-state index contributed by atoms with van der Waals surface area (Å²) >= 11 is 1.57. The highest BCUT2D eigenvalue weighted by atomic mass is 32.1. The van der Waals surface area contributed by atoms with Gasteiger partial charge in [-0.25, -0.2) is 4.79 Å². The largest absolute Gasteiger partial charge is 0.465 e. The second-order valence-electron chi connectivity index (χ2n) is 7.00. The van der Waals surface area contributed by atoms with Crippen molar-refractivity contribution in [1.29, 1.82) is 0 Å². The minimum Gasteiger partial charge on any atom is -0.465 e. The first kappa shape index (κ1) is 17.5. The molecule has 1 aromatic rings. The lowest BCUT2D eigenvalue weighted by Crippen LogP contribution is -2.15. The van der Waals surface area contributed by atoms with Gasteiger partial charge in [-0.15, -0.1) is 11.3 Å². The van der Waals surface area contributed by atoms with Crippen LogP contribution >= 0.6 is 11.3 Å². The third-order valence-corrected chi connectivity index (χ3v) is 6.53. The van der Waals surface area contributed by atoms with Crippen molar-refractivity contribution in [2.45, 2.75) is 70.6 Å². The molecular formula is C19H27NO3S. The third-order valence-electron chi connectivity index (χ3n) is 5.32. The summed E-state index contributed by atoms with van der Waals surface area (Å²) in [5.41, 5.74) is 1.71. The van der Waals surface area contributed by atoms with Crippen molar-refractivity contribution in [1.82, 2.24) is 0 Å². The fraction of sp³-hybridized carbons (Fsp3) is 0.684. The van der Waals surface area contributed by atoms with E-state index < -0.39 is 0 Å². The summed E-state index contributed by atoms with van der Waals surface area (Å²) in [5.74, 6) is 0.417. The normalized spacial score (nSPS) is 18.0. The van der Waals surface area contributed by atoms with E-state index in [1.807, 2.05) is 0 Å². The van der Waals surface area contributed by atoms with E-state index in [-0.39, 0.29) is 11.9 Å². The van der Waals surface area contributed by atoms with Gasteiger partial charge in [-0.2, -0.15) is 0 Å². The Morgan fingerprint density at radius 1 is 1.12 bits per heavy atom. The van der Waals surface area contributed by atoms with Crippen molar-refractivity contribution in [3.05, 3.63) is 16.0 Å². The van der Waals surface area contributed by atoms with Crippen molar-refractivity contribution < 1.29 is 14.3 Å². The molecule has 5 heteroatoms. The maximum Gasteiger partial charge on any atom is 0.341 e. The van der Waals surface area contributed by atoms with Crippen molar-refractivity contribution in [3.63, 3.8) is 0 Å². The highest BCUT2D eigenvalue weighted by molar-refractivity contribution is 7.17. The monoisotopic (exact) mass is 349 g/mol. The van der Waals surface area contributed by atoms with Crippen molar-refractivity contribution in [2.75, 3.05) is 12.4 Å². The van der Waals surface area contributed by atoms with Gasteiger partial charge in [0.2, 0.25) is 5.91 Å². The molecule has 2 aliphatic carbocycles. The van der Waals surface area contributed by atoms with Gasteiger partial charge in [0.1, 0.15) is 5.00 Å². The first-order chi connectivity index (χ1) is 11.7. The predicted octanol–water partition coefficient (Wildman–Crippen LogP) is 4.71. The van der Waals surface area contributed by atoms with Crippen molar-refractivity contribution >= 4 is 28.2 Å². The minimum absolute atomic E-state index is 0.0310. The van der Waals surface area contributed by atoms with Crippen LogP contribution in [0, 0.1) is 5.92 Å². The molecular weight excluding hydrogens is 322 g/mol. The van der Waals surface area contributed by atoms with Crippen LogP contribution in [-0.4, -0.2) is 19.0 Å². The van der Waals surface area contributed by atoms with Crippen LogP contribution < -0.4 is 5.32 Å². The molecule has 3 rings (SSSR count). The standard InChI is InChI=1S/C19H27NO3S/c1-23-19(22)17-14-9-3-2-4-10-15(14)24-18(17)20-16(21)12-11-13-7-5-6-8-13/h13H,2-12H2,1H3,(H,20,21). The van der Waals surface area contributed by atoms with Gasteiger partial charge in [0, 0.05) is 11.3 Å². The van der Waals surface area contributed by atoms with Gasteiger partial charge in [-0.1, -0.05) is 32.1 Å². The van der Waals surface area contributed by atoms with Gasteiger partial charge in [-0.3, -0.25) is 4.79 Å². The van der Waals surface area contributed by atoms with E-state index in [1.165, 1.54) is 44.1 Å². The molecule has 4 nitrogen and oxygen atoms in total. The van der Waals surface area contributed by atoms with Crippen molar-refractivity contribution in [2.24, 2.45) is 5.92 Å². The zero-order valence-corrected chi connectivity index (χ0v) is 15.3. The maximum absolute atomic E-state index is 12.4. The Kier molecular flexibility index (Phi) is 5.93. The van der Waals surface area contributed by atoms with E-state index in [9.17, 15) is 9.59 Å². The molecule has 0 radical (unpaired) electrons. The van der Waals surface area contributed by atoms with E-state index in [4.69, 9.17) is 4.74 Å². The fourth-order valence-corrected chi connectivity index (χ4v) is 5.27. The van der Waals surface area contributed by atoms with Crippen LogP contribution in [0.15, 0.2) is 0 Å². The van der Waals surface area contributed by atoms with Crippen LogP contribution in [0.3, 0.4) is 0 Å². The summed E-state index contributed by atoms with van der Waals surface area (Å²) in [6, 6.07) is 0. The van der Waals surface area contributed by atoms with Gasteiger partial charge in [0.05, 0.1) is 12.7 Å². The molecule has 0 aliphatic heterocycles. The first-order valence-corrected chi connectivity index (χ1v) is 10.0. The Morgan fingerprint density at radius 3 is 2.62 bits per heavy atom. The number of hydrogen-bond donors (Lipinski definition) is 1. The predicted molar refractivity (Wildman–Crippen MR) is 96.7 cm³/mol. The fourth-order valence-electron chi connectivity index (χ4n) is 3.97. The van der Waals surface area contributed by atoms with Crippen LogP contribution in [-0.2, 0) is 22.4 Å². The van der Waals surface area contributed by atoms with Crippen LogP contribution in [0.2, 0.25) is 0 Å². The molecule has 1 heterocycles. The molecule has 0 bridgehead atoms. The summed E-state index contributed by atoms with van der Waals surface area (Å²) < 4.78 is 4.98. The van der Waals surface area contributed by atoms with Crippen LogP contribution in [0.4, 0.5) is 5.00 Å². The van der Waals surface area contributed by atoms with E-state index in [2.05, 4.69) is 5.32 Å². The summed E-state index contributed by atoms with van der Waals surface area (Å²) in [7, 11) is 1.41. The van der Waals surface area contributed by atoms with Gasteiger partial charge in [0.25, 0.3) is 0 Å². The number of esters is 1.